The van der Waals surface area contributed by atoms with Crippen molar-refractivity contribution in [1.29, 1.82) is 0 Å². The smallest absolute Gasteiger partial charge is 0.235 e. The average Bonchev–Trinajstić information content (AvgIpc) is 2.53. The van der Waals surface area contributed by atoms with E-state index < -0.39 is 10.0 Å². The molecule has 4 nitrogen and oxygen atoms in total. The van der Waals surface area contributed by atoms with Crippen LogP contribution in [0.3, 0.4) is 0 Å². The molecule has 1 aromatic carbocycles. The predicted molar refractivity (Wildman–Crippen MR) is 69.5 cm³/mol. The monoisotopic (exact) mass is 254 g/mol. The third-order valence-electron chi connectivity index (χ3n) is 2.89. The van der Waals surface area contributed by atoms with E-state index in [0.29, 0.717) is 6.54 Å². The third-order valence-corrected chi connectivity index (χ3v) is 4.91. The molecule has 1 aliphatic heterocycles. The van der Waals surface area contributed by atoms with E-state index in [1.807, 2.05) is 38.2 Å². The minimum atomic E-state index is -3.11. The molecule has 1 atom stereocenters. The van der Waals surface area contributed by atoms with Gasteiger partial charge in [0.2, 0.25) is 10.0 Å². The van der Waals surface area contributed by atoms with Gasteiger partial charge >= 0.3 is 0 Å². The van der Waals surface area contributed by atoms with Crippen molar-refractivity contribution >= 4 is 15.7 Å². The van der Waals surface area contributed by atoms with Crippen LogP contribution in [0.5, 0.6) is 0 Å². The third kappa shape index (κ3) is 2.61. The minimum absolute atomic E-state index is 0.202. The molecule has 1 aliphatic rings. The second-order valence-electron chi connectivity index (χ2n) is 4.62. The van der Waals surface area contributed by atoms with Crippen molar-refractivity contribution < 1.29 is 8.42 Å². The normalized spacial score (nSPS) is 22.9. The van der Waals surface area contributed by atoms with Gasteiger partial charge in [-0.3, -0.25) is 4.31 Å². The predicted octanol–water partition coefficient (Wildman–Crippen LogP) is 1.19. The summed E-state index contributed by atoms with van der Waals surface area (Å²) in [5, 5.41) is 3.06. The first-order chi connectivity index (χ1) is 8.03. The molecule has 2 rings (SSSR count). The highest BCUT2D eigenvalue weighted by Crippen LogP contribution is 2.27. The summed E-state index contributed by atoms with van der Waals surface area (Å²) >= 11 is 0. The Morgan fingerprint density at radius 3 is 2.82 bits per heavy atom. The fraction of sp³-hybridized carbons (Fsp3) is 0.500. The zero-order valence-corrected chi connectivity index (χ0v) is 11.0. The first kappa shape index (κ1) is 12.4. The molecule has 5 heteroatoms. The molecule has 0 unspecified atom stereocenters. The Balaban J connectivity index is 2.31. The van der Waals surface area contributed by atoms with Gasteiger partial charge in [0, 0.05) is 13.1 Å². The minimum Gasteiger partial charge on any atom is -0.316 e. The van der Waals surface area contributed by atoms with Gasteiger partial charge in [0.1, 0.15) is 0 Å². The van der Waals surface area contributed by atoms with Crippen LogP contribution in [-0.4, -0.2) is 27.8 Å². The number of rotatable bonds is 3. The van der Waals surface area contributed by atoms with Crippen molar-refractivity contribution in [2.24, 2.45) is 5.92 Å². The number of hydrogen-bond acceptors (Lipinski definition) is 3. The second kappa shape index (κ2) is 4.66. The quantitative estimate of drug-likeness (QED) is 0.881. The Bertz CT molecular complexity index is 499. The first-order valence-corrected chi connectivity index (χ1v) is 7.38. The van der Waals surface area contributed by atoms with E-state index in [1.54, 1.807) is 0 Å². The Kier molecular flexibility index (Phi) is 3.40. The molecule has 0 aromatic heterocycles. The number of anilines is 1. The van der Waals surface area contributed by atoms with Gasteiger partial charge in [-0.25, -0.2) is 8.42 Å². The lowest BCUT2D eigenvalue weighted by molar-refractivity contribution is 0.598. The lowest BCUT2D eigenvalue weighted by atomic mass is 10.2. The van der Waals surface area contributed by atoms with Gasteiger partial charge in [-0.1, -0.05) is 19.1 Å². The van der Waals surface area contributed by atoms with E-state index in [-0.39, 0.29) is 11.7 Å². The van der Waals surface area contributed by atoms with Gasteiger partial charge in [-0.2, -0.15) is 0 Å². The van der Waals surface area contributed by atoms with Crippen molar-refractivity contribution in [2.75, 3.05) is 23.7 Å². The molecule has 1 fully saturated rings. The molecule has 0 aliphatic carbocycles. The van der Waals surface area contributed by atoms with Crippen LogP contribution in [0.15, 0.2) is 24.3 Å². The topological polar surface area (TPSA) is 49.4 Å². The Morgan fingerprint density at radius 1 is 1.47 bits per heavy atom. The summed E-state index contributed by atoms with van der Waals surface area (Å²) in [7, 11) is -1.23. The molecular weight excluding hydrogens is 236 g/mol. The lowest BCUT2D eigenvalue weighted by Gasteiger charge is -2.17. The number of hydrogen-bond donors (Lipinski definition) is 1. The van der Waals surface area contributed by atoms with Crippen molar-refractivity contribution in [3.63, 3.8) is 0 Å². The van der Waals surface area contributed by atoms with Crippen molar-refractivity contribution in [3.05, 3.63) is 29.8 Å². The summed E-state index contributed by atoms with van der Waals surface area (Å²) in [4.78, 5) is 0. The van der Waals surface area contributed by atoms with Gasteiger partial charge in [-0.15, -0.1) is 0 Å². The van der Waals surface area contributed by atoms with Crippen molar-refractivity contribution in [1.82, 2.24) is 5.32 Å². The number of nitrogens with zero attached hydrogens (tertiary/aromatic N) is 1. The summed E-state index contributed by atoms with van der Waals surface area (Å²) in [6.07, 6.45) is 0. The van der Waals surface area contributed by atoms with E-state index in [9.17, 15) is 8.42 Å². The van der Waals surface area contributed by atoms with Gasteiger partial charge in [-0.05, 0) is 30.7 Å². The SMILES string of the molecule is CNCc1cccc(N2C[C@H](C)CS2(=O)=O)c1. The first-order valence-electron chi connectivity index (χ1n) is 5.77. The van der Waals surface area contributed by atoms with E-state index in [4.69, 9.17) is 0 Å². The summed E-state index contributed by atoms with van der Waals surface area (Å²) < 4.78 is 25.4. The van der Waals surface area contributed by atoms with Crippen LogP contribution in [0.25, 0.3) is 0 Å². The number of nitrogens with one attached hydrogen (secondary N) is 1. The van der Waals surface area contributed by atoms with Crippen LogP contribution in [0.1, 0.15) is 12.5 Å². The molecule has 1 saturated heterocycles. The largest absolute Gasteiger partial charge is 0.316 e. The molecule has 0 radical (unpaired) electrons. The van der Waals surface area contributed by atoms with Gasteiger partial charge in [0.05, 0.1) is 11.4 Å². The van der Waals surface area contributed by atoms with Crippen LogP contribution in [0.4, 0.5) is 5.69 Å². The number of benzene rings is 1. The van der Waals surface area contributed by atoms with E-state index >= 15 is 0 Å². The van der Waals surface area contributed by atoms with Gasteiger partial charge in [0.25, 0.3) is 0 Å². The highest BCUT2D eigenvalue weighted by atomic mass is 32.2. The van der Waals surface area contributed by atoms with Crippen LogP contribution in [0, 0.1) is 5.92 Å². The molecule has 0 bridgehead atoms. The maximum Gasteiger partial charge on any atom is 0.235 e. The molecular formula is C12H18N2O2S. The Morgan fingerprint density at radius 2 is 2.24 bits per heavy atom. The Labute approximate surface area is 103 Å². The summed E-state index contributed by atoms with van der Waals surface area (Å²) in [6.45, 7) is 3.30. The van der Waals surface area contributed by atoms with Crippen LogP contribution >= 0.6 is 0 Å². The maximum atomic E-state index is 12.0. The van der Waals surface area contributed by atoms with Crippen LogP contribution < -0.4 is 9.62 Å². The summed E-state index contributed by atoms with van der Waals surface area (Å²) in [5.41, 5.74) is 1.88. The molecule has 1 N–H and O–H groups in total. The van der Waals surface area contributed by atoms with Crippen LogP contribution in [0.2, 0.25) is 0 Å². The van der Waals surface area contributed by atoms with E-state index in [0.717, 1.165) is 17.8 Å². The molecule has 0 saturated carbocycles. The average molecular weight is 254 g/mol. The highest BCUT2D eigenvalue weighted by Gasteiger charge is 2.33. The fourth-order valence-electron chi connectivity index (χ4n) is 2.19. The molecule has 94 valence electrons. The van der Waals surface area contributed by atoms with E-state index in [2.05, 4.69) is 5.32 Å². The zero-order chi connectivity index (χ0) is 12.5. The summed E-state index contributed by atoms with van der Waals surface area (Å²) in [5.74, 6) is 0.455. The van der Waals surface area contributed by atoms with Gasteiger partial charge in [0.15, 0.2) is 0 Å². The Hall–Kier alpha value is -1.07. The molecule has 0 amide bonds. The standard InChI is InChI=1S/C12H18N2O2S/c1-10-8-14(17(15,16)9-10)12-5-3-4-11(6-12)7-13-2/h3-6,10,13H,7-9H2,1-2H3/t10-/m0/s1. The van der Waals surface area contributed by atoms with Crippen molar-refractivity contribution in [3.8, 4) is 0 Å². The number of sulfonamides is 1. The summed E-state index contributed by atoms with van der Waals surface area (Å²) in [6, 6.07) is 7.69. The molecule has 1 heterocycles. The maximum absolute atomic E-state index is 12.0. The zero-order valence-electron chi connectivity index (χ0n) is 10.2. The van der Waals surface area contributed by atoms with Crippen molar-refractivity contribution in [2.45, 2.75) is 13.5 Å². The van der Waals surface area contributed by atoms with Crippen LogP contribution in [-0.2, 0) is 16.6 Å². The second-order valence-corrected chi connectivity index (χ2v) is 6.55. The fourth-order valence-corrected chi connectivity index (χ4v) is 4.11. The molecule has 1 aromatic rings. The molecule has 0 spiro atoms. The van der Waals surface area contributed by atoms with Gasteiger partial charge < -0.3 is 5.32 Å². The highest BCUT2D eigenvalue weighted by molar-refractivity contribution is 7.93. The lowest BCUT2D eigenvalue weighted by Crippen LogP contribution is -2.25. The van der Waals surface area contributed by atoms with E-state index in [1.165, 1.54) is 4.31 Å². The molecule has 17 heavy (non-hydrogen) atoms.